The van der Waals surface area contributed by atoms with Crippen molar-refractivity contribution in [1.82, 2.24) is 4.90 Å². The molecule has 16 heavy (non-hydrogen) atoms. The summed E-state index contributed by atoms with van der Waals surface area (Å²) in [4.78, 5) is 2.39. The van der Waals surface area contributed by atoms with E-state index in [9.17, 15) is 0 Å². The third-order valence-electron chi connectivity index (χ3n) is 3.37. The summed E-state index contributed by atoms with van der Waals surface area (Å²) < 4.78 is 0. The second-order valence-electron chi connectivity index (χ2n) is 4.40. The first-order chi connectivity index (χ1) is 7.60. The summed E-state index contributed by atoms with van der Waals surface area (Å²) in [5.74, 6) is 0. The van der Waals surface area contributed by atoms with Gasteiger partial charge in [0.15, 0.2) is 0 Å². The van der Waals surface area contributed by atoms with Gasteiger partial charge in [0, 0.05) is 12.1 Å². The highest BCUT2D eigenvalue weighted by Gasteiger charge is 2.19. The molecule has 90 valence electrons. The average molecular weight is 220 g/mol. The highest BCUT2D eigenvalue weighted by atomic mass is 15.2. The molecule has 0 bridgehead atoms. The van der Waals surface area contributed by atoms with Crippen LogP contribution in [0.2, 0.25) is 0 Å². The molecule has 1 rings (SSSR count). The molecule has 2 N–H and O–H groups in total. The first-order valence-electron chi connectivity index (χ1n) is 6.16. The second-order valence-corrected chi connectivity index (χ2v) is 4.40. The van der Waals surface area contributed by atoms with Crippen molar-refractivity contribution < 1.29 is 0 Å². The van der Waals surface area contributed by atoms with Gasteiger partial charge in [0.1, 0.15) is 0 Å². The number of hydrogen-bond acceptors (Lipinski definition) is 2. The number of hydrogen-bond donors (Lipinski definition) is 1. The van der Waals surface area contributed by atoms with Crippen molar-refractivity contribution in [2.24, 2.45) is 5.73 Å². The molecule has 0 saturated carbocycles. The number of nitrogens with two attached hydrogens (primary N) is 1. The zero-order valence-electron chi connectivity index (χ0n) is 10.9. The predicted molar refractivity (Wildman–Crippen MR) is 70.5 cm³/mol. The molecule has 0 heterocycles. The minimum Gasteiger partial charge on any atom is -0.323 e. The molecule has 2 unspecified atom stereocenters. The number of aryl methyl sites for hydroxylation is 1. The minimum absolute atomic E-state index is 0.0977. The largest absolute Gasteiger partial charge is 0.323 e. The summed E-state index contributed by atoms with van der Waals surface area (Å²) in [7, 11) is 0. The molecular weight excluding hydrogens is 196 g/mol. The Balaban J connectivity index is 2.76. The van der Waals surface area contributed by atoms with Crippen molar-refractivity contribution in [3.05, 3.63) is 35.4 Å². The summed E-state index contributed by atoms with van der Waals surface area (Å²) in [5.41, 5.74) is 8.81. The van der Waals surface area contributed by atoms with Gasteiger partial charge in [-0.1, -0.05) is 43.7 Å². The van der Waals surface area contributed by atoms with Gasteiger partial charge in [-0.25, -0.2) is 0 Å². The molecule has 0 saturated heterocycles. The molecule has 2 nitrogen and oxygen atoms in total. The molecule has 0 fully saturated rings. The van der Waals surface area contributed by atoms with Crippen LogP contribution in [0.1, 0.15) is 37.9 Å². The van der Waals surface area contributed by atoms with Gasteiger partial charge in [-0.05, 0) is 32.5 Å². The van der Waals surface area contributed by atoms with Crippen molar-refractivity contribution in [1.29, 1.82) is 0 Å². The molecule has 0 aliphatic carbocycles. The van der Waals surface area contributed by atoms with Crippen molar-refractivity contribution in [3.63, 3.8) is 0 Å². The van der Waals surface area contributed by atoms with Gasteiger partial charge >= 0.3 is 0 Å². The van der Waals surface area contributed by atoms with Crippen LogP contribution in [0.4, 0.5) is 0 Å². The van der Waals surface area contributed by atoms with E-state index in [1.165, 1.54) is 11.1 Å². The average Bonchev–Trinajstić information content (AvgIpc) is 2.30. The normalized spacial score (nSPS) is 15.1. The molecule has 0 spiro atoms. The first kappa shape index (κ1) is 13.2. The molecule has 2 atom stereocenters. The van der Waals surface area contributed by atoms with Crippen LogP contribution in [0.25, 0.3) is 0 Å². The van der Waals surface area contributed by atoms with Crippen molar-refractivity contribution in [2.75, 3.05) is 13.1 Å². The second kappa shape index (κ2) is 6.02. The van der Waals surface area contributed by atoms with Crippen LogP contribution >= 0.6 is 0 Å². The van der Waals surface area contributed by atoms with Gasteiger partial charge in [-0.15, -0.1) is 0 Å². The van der Waals surface area contributed by atoms with Crippen LogP contribution in [-0.2, 0) is 0 Å². The fourth-order valence-corrected chi connectivity index (χ4v) is 2.09. The van der Waals surface area contributed by atoms with E-state index in [2.05, 4.69) is 56.9 Å². The third-order valence-corrected chi connectivity index (χ3v) is 3.37. The zero-order chi connectivity index (χ0) is 12.1. The summed E-state index contributed by atoms with van der Waals surface area (Å²) in [5, 5.41) is 0. The van der Waals surface area contributed by atoms with E-state index in [0.29, 0.717) is 6.04 Å². The van der Waals surface area contributed by atoms with Crippen molar-refractivity contribution >= 4 is 0 Å². The predicted octanol–water partition coefficient (Wildman–Crippen LogP) is 2.73. The quantitative estimate of drug-likeness (QED) is 0.826. The lowest BCUT2D eigenvalue weighted by molar-refractivity contribution is 0.203. The number of likely N-dealkylation sites (N-methyl/N-ethyl adjacent to an activating group) is 1. The lowest BCUT2D eigenvalue weighted by Gasteiger charge is -2.31. The first-order valence-corrected chi connectivity index (χ1v) is 6.16. The van der Waals surface area contributed by atoms with Gasteiger partial charge in [0.05, 0.1) is 0 Å². The van der Waals surface area contributed by atoms with Gasteiger partial charge in [-0.2, -0.15) is 0 Å². The smallest absolute Gasteiger partial charge is 0.0450 e. The third kappa shape index (κ3) is 3.06. The van der Waals surface area contributed by atoms with Crippen molar-refractivity contribution in [2.45, 2.75) is 39.8 Å². The van der Waals surface area contributed by atoms with Crippen LogP contribution in [0.3, 0.4) is 0 Å². The molecular formula is C14H24N2. The molecule has 1 aromatic carbocycles. The van der Waals surface area contributed by atoms with Gasteiger partial charge in [0.25, 0.3) is 0 Å². The van der Waals surface area contributed by atoms with Crippen LogP contribution in [0, 0.1) is 6.92 Å². The lowest BCUT2D eigenvalue weighted by atomic mass is 9.99. The highest BCUT2D eigenvalue weighted by Crippen LogP contribution is 2.18. The maximum absolute atomic E-state index is 6.30. The highest BCUT2D eigenvalue weighted by molar-refractivity contribution is 5.24. The number of nitrogens with zero attached hydrogens (tertiary/aromatic N) is 1. The lowest BCUT2D eigenvalue weighted by Crippen LogP contribution is -2.40. The Morgan fingerprint density at radius 2 is 1.62 bits per heavy atom. The molecule has 0 radical (unpaired) electrons. The SMILES string of the molecule is CCN(CC)C(C)C(N)c1ccc(C)cc1. The van der Waals surface area contributed by atoms with E-state index in [0.717, 1.165) is 13.1 Å². The number of rotatable bonds is 5. The van der Waals surface area contributed by atoms with Gasteiger partial charge in [0.2, 0.25) is 0 Å². The van der Waals surface area contributed by atoms with E-state index in [1.54, 1.807) is 0 Å². The van der Waals surface area contributed by atoms with Crippen LogP contribution in [0.15, 0.2) is 24.3 Å². The van der Waals surface area contributed by atoms with E-state index in [1.807, 2.05) is 0 Å². The Morgan fingerprint density at radius 3 is 2.06 bits per heavy atom. The molecule has 2 heteroatoms. The fourth-order valence-electron chi connectivity index (χ4n) is 2.09. The molecule has 0 aliphatic rings. The van der Waals surface area contributed by atoms with E-state index in [-0.39, 0.29) is 6.04 Å². The Kier molecular flexibility index (Phi) is 4.97. The van der Waals surface area contributed by atoms with E-state index >= 15 is 0 Å². The Bertz CT molecular complexity index is 301. The Morgan fingerprint density at radius 1 is 1.12 bits per heavy atom. The monoisotopic (exact) mass is 220 g/mol. The number of benzene rings is 1. The molecule has 0 aromatic heterocycles. The van der Waals surface area contributed by atoms with E-state index < -0.39 is 0 Å². The van der Waals surface area contributed by atoms with Crippen LogP contribution in [-0.4, -0.2) is 24.0 Å². The van der Waals surface area contributed by atoms with Crippen LogP contribution in [0.5, 0.6) is 0 Å². The molecule has 0 amide bonds. The van der Waals surface area contributed by atoms with Gasteiger partial charge < -0.3 is 5.73 Å². The fraction of sp³-hybridized carbons (Fsp3) is 0.571. The molecule has 0 aliphatic heterocycles. The summed E-state index contributed by atoms with van der Waals surface area (Å²) in [6.45, 7) is 10.8. The van der Waals surface area contributed by atoms with Crippen LogP contribution < -0.4 is 5.73 Å². The standard InChI is InChI=1S/C14H24N2/c1-5-16(6-2)12(4)14(15)13-9-7-11(3)8-10-13/h7-10,12,14H,5-6,15H2,1-4H3. The molecule has 1 aromatic rings. The maximum atomic E-state index is 6.30. The summed E-state index contributed by atoms with van der Waals surface area (Å²) in [6.07, 6.45) is 0. The zero-order valence-corrected chi connectivity index (χ0v) is 10.9. The summed E-state index contributed by atoms with van der Waals surface area (Å²) in [6, 6.07) is 9.02. The minimum atomic E-state index is 0.0977. The van der Waals surface area contributed by atoms with Crippen molar-refractivity contribution in [3.8, 4) is 0 Å². The Labute approximate surface area is 99.5 Å². The van der Waals surface area contributed by atoms with E-state index in [4.69, 9.17) is 5.73 Å². The van der Waals surface area contributed by atoms with Gasteiger partial charge in [-0.3, -0.25) is 4.90 Å². The summed E-state index contributed by atoms with van der Waals surface area (Å²) >= 11 is 0. The topological polar surface area (TPSA) is 29.3 Å². The maximum Gasteiger partial charge on any atom is 0.0450 e. The Hall–Kier alpha value is -0.860.